The number of fused-ring (bicyclic) bond motifs is 1. The molecule has 3 rings (SSSR count). The Morgan fingerprint density at radius 3 is 3.00 bits per heavy atom. The lowest BCUT2D eigenvalue weighted by Crippen LogP contribution is -2.15. The summed E-state index contributed by atoms with van der Waals surface area (Å²) in [6.07, 6.45) is 3.00. The van der Waals surface area contributed by atoms with Crippen molar-refractivity contribution in [1.82, 2.24) is 4.98 Å². The van der Waals surface area contributed by atoms with Crippen molar-refractivity contribution < 1.29 is 4.92 Å². The van der Waals surface area contributed by atoms with Gasteiger partial charge in [0.05, 0.1) is 10.6 Å². The second-order valence-electron chi connectivity index (χ2n) is 5.09. The number of aryl methyl sites for hydroxylation is 2. The lowest BCUT2D eigenvalue weighted by molar-refractivity contribution is -0.384. The molecule has 0 saturated heterocycles. The molecule has 0 amide bonds. The van der Waals surface area contributed by atoms with E-state index in [0.717, 1.165) is 46.0 Å². The molecule has 20 heavy (non-hydrogen) atoms. The van der Waals surface area contributed by atoms with E-state index in [9.17, 15) is 10.1 Å². The molecule has 2 aromatic rings. The highest BCUT2D eigenvalue weighted by Crippen LogP contribution is 2.38. The van der Waals surface area contributed by atoms with Gasteiger partial charge in [-0.05, 0) is 31.7 Å². The third-order valence-electron chi connectivity index (χ3n) is 3.66. The van der Waals surface area contributed by atoms with E-state index in [2.05, 4.69) is 4.98 Å². The van der Waals surface area contributed by atoms with Gasteiger partial charge in [0.15, 0.2) is 0 Å². The summed E-state index contributed by atoms with van der Waals surface area (Å²) in [4.78, 5) is 16.3. The van der Waals surface area contributed by atoms with Crippen LogP contribution in [0.2, 0.25) is 0 Å². The molecule has 2 N–H and O–H groups in total. The molecule has 0 fully saturated rings. The van der Waals surface area contributed by atoms with Crippen LogP contribution in [0, 0.1) is 17.0 Å². The summed E-state index contributed by atoms with van der Waals surface area (Å²) in [6.45, 7) is 1.94. The lowest BCUT2D eigenvalue weighted by Gasteiger charge is -2.15. The van der Waals surface area contributed by atoms with E-state index in [4.69, 9.17) is 5.73 Å². The topological polar surface area (TPSA) is 82.0 Å². The van der Waals surface area contributed by atoms with Gasteiger partial charge >= 0.3 is 0 Å². The molecule has 5 nitrogen and oxygen atoms in total. The van der Waals surface area contributed by atoms with Crippen molar-refractivity contribution in [3.05, 3.63) is 44.4 Å². The summed E-state index contributed by atoms with van der Waals surface area (Å²) in [5.41, 5.74) is 9.12. The van der Waals surface area contributed by atoms with Crippen molar-refractivity contribution in [3.63, 3.8) is 0 Å². The predicted molar refractivity (Wildman–Crippen MR) is 78.8 cm³/mol. The molecule has 0 aliphatic heterocycles. The molecule has 0 saturated carbocycles. The monoisotopic (exact) mass is 289 g/mol. The summed E-state index contributed by atoms with van der Waals surface area (Å²) in [7, 11) is 0. The number of aromatic nitrogens is 1. The summed E-state index contributed by atoms with van der Waals surface area (Å²) in [6, 6.07) is 4.96. The number of nitrogens with two attached hydrogens (primary N) is 1. The van der Waals surface area contributed by atoms with Crippen LogP contribution in [0.4, 0.5) is 5.69 Å². The molecule has 0 spiro atoms. The summed E-state index contributed by atoms with van der Waals surface area (Å²) >= 11 is 1.57. The van der Waals surface area contributed by atoms with Gasteiger partial charge in [-0.25, -0.2) is 4.98 Å². The van der Waals surface area contributed by atoms with Gasteiger partial charge in [0.25, 0.3) is 5.69 Å². The fourth-order valence-electron chi connectivity index (χ4n) is 2.52. The van der Waals surface area contributed by atoms with Gasteiger partial charge in [-0.2, -0.15) is 0 Å². The SMILES string of the molecule is Cc1ccc([N+](=O)[O-])cc1-c1nc2c(s1)C(N)CCC2. The van der Waals surface area contributed by atoms with Crippen LogP contribution in [-0.4, -0.2) is 9.91 Å². The first kappa shape index (κ1) is 13.2. The lowest BCUT2D eigenvalue weighted by atomic mass is 9.99. The largest absolute Gasteiger partial charge is 0.323 e. The molecule has 0 bridgehead atoms. The number of rotatable bonds is 2. The zero-order chi connectivity index (χ0) is 14.3. The zero-order valence-corrected chi connectivity index (χ0v) is 11.9. The predicted octanol–water partition coefficient (Wildman–Crippen LogP) is 3.36. The van der Waals surface area contributed by atoms with E-state index < -0.39 is 0 Å². The van der Waals surface area contributed by atoms with Crippen LogP contribution in [0.1, 0.15) is 35.0 Å². The molecular weight excluding hydrogens is 274 g/mol. The molecule has 104 valence electrons. The van der Waals surface area contributed by atoms with Crippen molar-refractivity contribution in [1.29, 1.82) is 0 Å². The Hall–Kier alpha value is -1.79. The molecule has 1 heterocycles. The second kappa shape index (κ2) is 4.96. The highest BCUT2D eigenvalue weighted by molar-refractivity contribution is 7.15. The number of hydrogen-bond acceptors (Lipinski definition) is 5. The van der Waals surface area contributed by atoms with Crippen LogP contribution in [0.5, 0.6) is 0 Å². The Labute approximate surface area is 120 Å². The third kappa shape index (κ3) is 2.21. The van der Waals surface area contributed by atoms with Crippen LogP contribution in [0.3, 0.4) is 0 Å². The average Bonchev–Trinajstić information content (AvgIpc) is 2.84. The molecule has 1 aromatic carbocycles. The molecule has 1 atom stereocenters. The Morgan fingerprint density at radius 1 is 1.50 bits per heavy atom. The summed E-state index contributed by atoms with van der Waals surface area (Å²) < 4.78 is 0. The molecule has 1 aromatic heterocycles. The van der Waals surface area contributed by atoms with Crippen molar-refractivity contribution in [2.45, 2.75) is 32.2 Å². The average molecular weight is 289 g/mol. The molecule has 1 unspecified atom stereocenters. The highest BCUT2D eigenvalue weighted by atomic mass is 32.1. The van der Waals surface area contributed by atoms with E-state index in [0.29, 0.717) is 0 Å². The first-order valence-electron chi connectivity index (χ1n) is 6.57. The van der Waals surface area contributed by atoms with Gasteiger partial charge in [0.1, 0.15) is 5.01 Å². The standard InChI is InChI=1S/C14H15N3O2S/c1-8-5-6-9(17(18)19)7-10(8)14-16-12-4-2-3-11(15)13(12)20-14/h5-7,11H,2-4,15H2,1H3. The minimum Gasteiger partial charge on any atom is -0.323 e. The second-order valence-corrected chi connectivity index (χ2v) is 6.12. The quantitative estimate of drug-likeness (QED) is 0.678. The first-order valence-corrected chi connectivity index (χ1v) is 7.38. The van der Waals surface area contributed by atoms with Crippen molar-refractivity contribution in [3.8, 4) is 10.6 Å². The minimum atomic E-state index is -0.373. The van der Waals surface area contributed by atoms with Crippen LogP contribution in [-0.2, 0) is 6.42 Å². The maximum Gasteiger partial charge on any atom is 0.270 e. The number of non-ortho nitro benzene ring substituents is 1. The number of benzene rings is 1. The third-order valence-corrected chi connectivity index (χ3v) is 4.92. The normalized spacial score (nSPS) is 17.8. The fourth-order valence-corrected chi connectivity index (χ4v) is 3.75. The molecular formula is C14H15N3O2S. The Morgan fingerprint density at radius 2 is 2.30 bits per heavy atom. The first-order chi connectivity index (χ1) is 9.56. The van der Waals surface area contributed by atoms with Gasteiger partial charge in [-0.1, -0.05) is 6.07 Å². The van der Waals surface area contributed by atoms with Crippen LogP contribution < -0.4 is 5.73 Å². The number of thiazole rings is 1. The molecule has 1 aliphatic rings. The van der Waals surface area contributed by atoms with Crippen LogP contribution in [0.25, 0.3) is 10.6 Å². The van der Waals surface area contributed by atoms with Gasteiger partial charge in [0.2, 0.25) is 0 Å². The van der Waals surface area contributed by atoms with E-state index in [-0.39, 0.29) is 16.7 Å². The van der Waals surface area contributed by atoms with Crippen molar-refractivity contribution >= 4 is 17.0 Å². The van der Waals surface area contributed by atoms with Crippen LogP contribution >= 0.6 is 11.3 Å². The van der Waals surface area contributed by atoms with Gasteiger partial charge in [-0.3, -0.25) is 10.1 Å². The van der Waals surface area contributed by atoms with Gasteiger partial charge in [-0.15, -0.1) is 11.3 Å². The zero-order valence-electron chi connectivity index (χ0n) is 11.1. The van der Waals surface area contributed by atoms with E-state index in [1.807, 2.05) is 6.92 Å². The summed E-state index contributed by atoms with van der Waals surface area (Å²) in [5.74, 6) is 0. The maximum absolute atomic E-state index is 10.9. The Kier molecular flexibility index (Phi) is 3.27. The van der Waals surface area contributed by atoms with E-state index >= 15 is 0 Å². The molecule has 1 aliphatic carbocycles. The maximum atomic E-state index is 10.9. The Balaban J connectivity index is 2.09. The highest BCUT2D eigenvalue weighted by Gasteiger charge is 2.23. The number of nitro groups is 1. The fraction of sp³-hybridized carbons (Fsp3) is 0.357. The number of nitrogens with zero attached hydrogens (tertiary/aromatic N) is 2. The van der Waals surface area contributed by atoms with E-state index in [1.54, 1.807) is 23.5 Å². The number of nitro benzene ring substituents is 1. The molecule has 0 radical (unpaired) electrons. The van der Waals surface area contributed by atoms with Crippen molar-refractivity contribution in [2.24, 2.45) is 5.73 Å². The number of hydrogen-bond donors (Lipinski definition) is 1. The van der Waals surface area contributed by atoms with Gasteiger partial charge < -0.3 is 5.73 Å². The minimum absolute atomic E-state index is 0.0593. The van der Waals surface area contributed by atoms with Crippen LogP contribution in [0.15, 0.2) is 18.2 Å². The summed E-state index contributed by atoms with van der Waals surface area (Å²) in [5, 5.41) is 11.8. The smallest absolute Gasteiger partial charge is 0.270 e. The van der Waals surface area contributed by atoms with E-state index in [1.165, 1.54) is 6.07 Å². The van der Waals surface area contributed by atoms with Crippen molar-refractivity contribution in [2.75, 3.05) is 0 Å². The molecule has 6 heteroatoms. The Bertz CT molecular complexity index is 681. The van der Waals surface area contributed by atoms with Gasteiger partial charge in [0, 0.05) is 28.6 Å².